The summed E-state index contributed by atoms with van der Waals surface area (Å²) in [5, 5.41) is 11.4. The molecule has 1 aromatic rings. The summed E-state index contributed by atoms with van der Waals surface area (Å²) in [4.78, 5) is 7.12. The number of hydrogen-bond donors (Lipinski definition) is 1. The van der Waals surface area contributed by atoms with Crippen molar-refractivity contribution in [2.24, 2.45) is 20.3 Å². The van der Waals surface area contributed by atoms with E-state index >= 15 is 0 Å². The first-order chi connectivity index (χ1) is 14.5. The summed E-state index contributed by atoms with van der Waals surface area (Å²) in [6.07, 6.45) is 5.29. The molecule has 4 aliphatic rings. The van der Waals surface area contributed by atoms with Crippen molar-refractivity contribution in [3.63, 3.8) is 0 Å². The zero-order valence-electron chi connectivity index (χ0n) is 17.8. The number of ether oxygens (including phenoxy) is 1. The van der Waals surface area contributed by atoms with Crippen LogP contribution in [0.25, 0.3) is 0 Å². The number of methoxy groups -OCH3 is 1. The standard InChI is InChI=1S/C21H27N7OS/c1-11-8-23-16(12(2)20(11)29-4)9-28-24-15-7-17(27(3)13-5-6-13)14-10-30-26-21(22)19(25-28)18(14)15/h8,13,17H,5-7,9-10H2,1-4H3,(H2,22,26). The highest BCUT2D eigenvalue weighted by atomic mass is 32.2. The average Bonchev–Trinajstić information content (AvgIpc) is 3.53. The summed E-state index contributed by atoms with van der Waals surface area (Å²) >= 11 is 1.51. The molecule has 2 N–H and O–H groups in total. The van der Waals surface area contributed by atoms with E-state index in [4.69, 9.17) is 20.7 Å². The van der Waals surface area contributed by atoms with Crippen molar-refractivity contribution >= 4 is 29.2 Å². The van der Waals surface area contributed by atoms with Gasteiger partial charge in [-0.1, -0.05) is 0 Å². The average molecular weight is 426 g/mol. The van der Waals surface area contributed by atoms with Gasteiger partial charge in [0.15, 0.2) is 5.84 Å². The lowest BCUT2D eigenvalue weighted by atomic mass is 10.0. The summed E-state index contributed by atoms with van der Waals surface area (Å²) in [5.74, 6) is 2.17. The fourth-order valence-corrected chi connectivity index (χ4v) is 5.36. The second-order valence-electron chi connectivity index (χ2n) is 8.34. The fourth-order valence-electron chi connectivity index (χ4n) is 4.59. The molecular formula is C21H27N7OS. The van der Waals surface area contributed by atoms with E-state index in [1.165, 1.54) is 30.4 Å². The lowest BCUT2D eigenvalue weighted by Crippen LogP contribution is -2.34. The molecular weight excluding hydrogens is 398 g/mol. The second-order valence-corrected chi connectivity index (χ2v) is 9.07. The first-order valence-corrected chi connectivity index (χ1v) is 11.3. The summed E-state index contributed by atoms with van der Waals surface area (Å²) in [6, 6.07) is 1.03. The van der Waals surface area contributed by atoms with E-state index in [2.05, 4.69) is 21.3 Å². The lowest BCUT2D eigenvalue weighted by Gasteiger charge is -2.26. The van der Waals surface area contributed by atoms with Crippen molar-refractivity contribution < 1.29 is 4.74 Å². The number of pyridine rings is 1. The number of nitrogens with zero attached hydrogens (tertiary/aromatic N) is 6. The number of aromatic nitrogens is 1. The Morgan fingerprint density at radius 3 is 2.83 bits per heavy atom. The zero-order chi connectivity index (χ0) is 21.0. The number of aryl methyl sites for hydroxylation is 1. The third-order valence-electron chi connectivity index (χ3n) is 6.37. The minimum atomic E-state index is 0.351. The molecule has 0 aromatic carbocycles. The van der Waals surface area contributed by atoms with Crippen molar-refractivity contribution in [3.05, 3.63) is 34.2 Å². The van der Waals surface area contributed by atoms with Crippen LogP contribution in [-0.2, 0) is 6.54 Å². The van der Waals surface area contributed by atoms with Crippen LogP contribution in [0, 0.1) is 13.8 Å². The molecule has 1 saturated carbocycles. The fraction of sp³-hybridized carbons (Fsp3) is 0.524. The summed E-state index contributed by atoms with van der Waals surface area (Å²) in [7, 11) is 3.92. The van der Waals surface area contributed by atoms with Crippen LogP contribution in [0.5, 0.6) is 5.75 Å². The van der Waals surface area contributed by atoms with Gasteiger partial charge in [-0.2, -0.15) is 19.7 Å². The largest absolute Gasteiger partial charge is 0.496 e. The Kier molecular flexibility index (Phi) is 4.82. The molecule has 1 aromatic heterocycles. The molecule has 1 unspecified atom stereocenters. The molecule has 8 nitrogen and oxygen atoms in total. The van der Waals surface area contributed by atoms with Crippen LogP contribution in [0.4, 0.5) is 0 Å². The van der Waals surface area contributed by atoms with Crippen molar-refractivity contribution in [1.29, 1.82) is 0 Å². The molecule has 2 aliphatic heterocycles. The highest BCUT2D eigenvalue weighted by Crippen LogP contribution is 2.40. The van der Waals surface area contributed by atoms with Crippen LogP contribution in [0.15, 0.2) is 31.9 Å². The molecule has 1 fully saturated rings. The van der Waals surface area contributed by atoms with Gasteiger partial charge in [-0.3, -0.25) is 9.88 Å². The van der Waals surface area contributed by atoms with Crippen molar-refractivity contribution in [2.45, 2.75) is 51.7 Å². The van der Waals surface area contributed by atoms with E-state index in [0.717, 1.165) is 51.7 Å². The smallest absolute Gasteiger partial charge is 0.160 e. The van der Waals surface area contributed by atoms with Gasteiger partial charge in [0.25, 0.3) is 0 Å². The molecule has 0 bridgehead atoms. The maximum atomic E-state index is 6.32. The van der Waals surface area contributed by atoms with Crippen LogP contribution in [0.3, 0.4) is 0 Å². The number of likely N-dealkylation sites (N-methyl/N-ethyl adjacent to an activating group) is 1. The Bertz CT molecular complexity index is 1020. The van der Waals surface area contributed by atoms with Gasteiger partial charge < -0.3 is 10.5 Å². The van der Waals surface area contributed by atoms with Gasteiger partial charge in [0.2, 0.25) is 0 Å². The van der Waals surface area contributed by atoms with E-state index in [-0.39, 0.29) is 0 Å². The Labute approximate surface area is 181 Å². The predicted octanol–water partition coefficient (Wildman–Crippen LogP) is 2.42. The SMILES string of the molecule is COc1c(C)cnc(CN2N=C3CC(N(C)C4CC4)C4=C3C(=N2)C(N)=NSC4)c1C. The second kappa shape index (κ2) is 7.39. The third kappa shape index (κ3) is 3.20. The zero-order valence-corrected chi connectivity index (χ0v) is 18.7. The van der Waals surface area contributed by atoms with Gasteiger partial charge >= 0.3 is 0 Å². The van der Waals surface area contributed by atoms with E-state index in [9.17, 15) is 0 Å². The monoisotopic (exact) mass is 425 g/mol. The minimum absolute atomic E-state index is 0.351. The van der Waals surface area contributed by atoms with Crippen molar-refractivity contribution in [3.8, 4) is 5.75 Å². The van der Waals surface area contributed by atoms with Crippen LogP contribution >= 0.6 is 11.9 Å². The summed E-state index contributed by atoms with van der Waals surface area (Å²) in [5.41, 5.74) is 13.5. The van der Waals surface area contributed by atoms with Gasteiger partial charge in [-0.15, -0.1) is 0 Å². The Balaban J connectivity index is 1.51. The lowest BCUT2D eigenvalue weighted by molar-refractivity contribution is 0.267. The van der Waals surface area contributed by atoms with Gasteiger partial charge in [0.1, 0.15) is 18.0 Å². The predicted molar refractivity (Wildman–Crippen MR) is 121 cm³/mol. The first-order valence-electron chi connectivity index (χ1n) is 10.3. The highest BCUT2D eigenvalue weighted by molar-refractivity contribution is 7.98. The molecule has 1 atom stereocenters. The molecule has 5 rings (SSSR count). The topological polar surface area (TPSA) is 91.7 Å². The quantitative estimate of drug-likeness (QED) is 0.729. The Hall–Kier alpha value is -2.39. The summed E-state index contributed by atoms with van der Waals surface area (Å²) < 4.78 is 10.0. The van der Waals surface area contributed by atoms with E-state index < -0.39 is 0 Å². The summed E-state index contributed by atoms with van der Waals surface area (Å²) in [6.45, 7) is 4.48. The van der Waals surface area contributed by atoms with Gasteiger partial charge in [-0.05, 0) is 51.3 Å². The molecule has 0 spiro atoms. The molecule has 0 saturated heterocycles. The first kappa shape index (κ1) is 19.6. The Morgan fingerprint density at radius 2 is 2.10 bits per heavy atom. The molecule has 0 radical (unpaired) electrons. The van der Waals surface area contributed by atoms with Crippen LogP contribution in [0.2, 0.25) is 0 Å². The molecule has 158 valence electrons. The van der Waals surface area contributed by atoms with Gasteiger partial charge in [-0.25, -0.2) is 0 Å². The normalized spacial score (nSPS) is 23.2. The van der Waals surface area contributed by atoms with Crippen LogP contribution < -0.4 is 10.5 Å². The Morgan fingerprint density at radius 1 is 1.30 bits per heavy atom. The van der Waals surface area contributed by atoms with Crippen LogP contribution in [-0.4, -0.2) is 64.3 Å². The molecule has 30 heavy (non-hydrogen) atoms. The molecule has 0 amide bonds. The van der Waals surface area contributed by atoms with Crippen molar-refractivity contribution in [1.82, 2.24) is 15.0 Å². The van der Waals surface area contributed by atoms with Gasteiger partial charge in [0, 0.05) is 47.2 Å². The molecule has 9 heteroatoms. The maximum Gasteiger partial charge on any atom is 0.160 e. The number of hydrazone groups is 2. The van der Waals surface area contributed by atoms with E-state index in [0.29, 0.717) is 24.5 Å². The molecule has 2 aliphatic carbocycles. The number of nitrogens with two attached hydrogens (primary N) is 1. The minimum Gasteiger partial charge on any atom is -0.496 e. The number of hydrogen-bond acceptors (Lipinski definition) is 9. The van der Waals surface area contributed by atoms with Crippen LogP contribution in [0.1, 0.15) is 36.1 Å². The third-order valence-corrected chi connectivity index (χ3v) is 7.13. The maximum absolute atomic E-state index is 6.32. The van der Waals surface area contributed by atoms with Crippen molar-refractivity contribution in [2.75, 3.05) is 19.9 Å². The van der Waals surface area contributed by atoms with Gasteiger partial charge in [0.05, 0.1) is 18.5 Å². The van der Waals surface area contributed by atoms with E-state index in [1.54, 1.807) is 12.2 Å². The highest BCUT2D eigenvalue weighted by Gasteiger charge is 2.43. The van der Waals surface area contributed by atoms with E-state index in [1.807, 2.05) is 20.0 Å². The number of rotatable bonds is 5. The molecule has 3 heterocycles. The number of amidine groups is 1.